The van der Waals surface area contributed by atoms with Crippen LogP contribution in [0.5, 0.6) is 0 Å². The number of carbonyl (C=O) groups is 2. The summed E-state index contributed by atoms with van der Waals surface area (Å²) in [7, 11) is 4.03. The number of rotatable bonds is 17. The molecule has 10 heteroatoms. The van der Waals surface area contributed by atoms with E-state index in [4.69, 9.17) is 9.47 Å². The van der Waals surface area contributed by atoms with Crippen molar-refractivity contribution in [3.05, 3.63) is 0 Å². The second kappa shape index (κ2) is 17.8. The molecule has 0 heterocycles. The minimum atomic E-state index is -0.526. The molecule has 0 spiro atoms. The Labute approximate surface area is 263 Å². The summed E-state index contributed by atoms with van der Waals surface area (Å²) in [4.78, 5) is 30.0. The van der Waals surface area contributed by atoms with Gasteiger partial charge in [0.15, 0.2) is 0 Å². The Morgan fingerprint density at radius 3 is 1.26 bits per heavy atom. The molecule has 0 aromatic heterocycles. The number of esters is 2. The highest BCUT2D eigenvalue weighted by Crippen LogP contribution is 2.54. The van der Waals surface area contributed by atoms with E-state index >= 15 is 0 Å². The lowest BCUT2D eigenvalue weighted by Gasteiger charge is -2.45. The summed E-state index contributed by atoms with van der Waals surface area (Å²) < 4.78 is 11.4. The summed E-state index contributed by atoms with van der Waals surface area (Å²) in [5, 5.41) is 19.2. The Kier molecular flexibility index (Phi) is 16.0. The van der Waals surface area contributed by atoms with Crippen molar-refractivity contribution < 1.29 is 29.3 Å². The molecule has 0 saturated heterocycles. The van der Waals surface area contributed by atoms with Gasteiger partial charge < -0.3 is 19.7 Å². The third-order valence-electron chi connectivity index (χ3n) is 7.76. The number of hydrogen-bond donors (Lipinski definition) is 2. The van der Waals surface area contributed by atoms with Gasteiger partial charge in [-0.3, -0.25) is 19.4 Å². The number of hydrogen-bond acceptors (Lipinski definition) is 10. The van der Waals surface area contributed by atoms with Crippen LogP contribution in [0.15, 0.2) is 0 Å². The molecule has 0 atom stereocenters. The van der Waals surface area contributed by atoms with Crippen molar-refractivity contribution >= 4 is 33.5 Å². The third-order valence-corrected chi connectivity index (χ3v) is 12.0. The summed E-state index contributed by atoms with van der Waals surface area (Å²) >= 11 is 0. The lowest BCUT2D eigenvalue weighted by Crippen LogP contribution is -2.47. The van der Waals surface area contributed by atoms with E-state index < -0.39 is 11.2 Å². The maximum atomic E-state index is 12.8. The molecule has 246 valence electrons. The minimum Gasteiger partial charge on any atom is -0.459 e. The summed E-state index contributed by atoms with van der Waals surface area (Å²) in [6.45, 7) is 15.0. The smallest absolute Gasteiger partial charge is 0.320 e. The quantitative estimate of drug-likeness (QED) is 0.151. The average Bonchev–Trinajstić information content (AvgIpc) is 2.88. The molecular weight excluding hydrogens is 572 g/mol. The summed E-state index contributed by atoms with van der Waals surface area (Å²) in [6.07, 6.45) is 12.9. The van der Waals surface area contributed by atoms with Crippen molar-refractivity contribution in [1.82, 2.24) is 9.80 Å². The van der Waals surface area contributed by atoms with Crippen LogP contribution in [0.25, 0.3) is 0 Å². The third kappa shape index (κ3) is 15.0. The predicted octanol–water partition coefficient (Wildman–Crippen LogP) is 5.83. The van der Waals surface area contributed by atoms with Crippen LogP contribution in [0.2, 0.25) is 0 Å². The van der Waals surface area contributed by atoms with Gasteiger partial charge in [0.2, 0.25) is 0 Å². The van der Waals surface area contributed by atoms with E-state index in [9.17, 15) is 19.8 Å². The fraction of sp³-hybridized carbons (Fsp3) is 0.938. The van der Waals surface area contributed by atoms with Gasteiger partial charge in [0.05, 0.1) is 13.1 Å². The molecule has 0 radical (unpaired) electrons. The molecule has 0 aromatic carbocycles. The molecule has 2 rings (SSSR count). The summed E-state index contributed by atoms with van der Waals surface area (Å²) in [5.74, 6) is -0.427. The van der Waals surface area contributed by atoms with Crippen LogP contribution in [-0.4, -0.2) is 105 Å². The second-order valence-corrected chi connectivity index (χ2v) is 17.5. The maximum absolute atomic E-state index is 12.8. The lowest BCUT2D eigenvalue weighted by molar-refractivity contribution is -0.157. The highest BCUT2D eigenvalue weighted by molar-refractivity contribution is 8.77. The molecule has 2 saturated carbocycles. The van der Waals surface area contributed by atoms with Gasteiger partial charge in [0.25, 0.3) is 0 Å². The first-order valence-electron chi connectivity index (χ1n) is 16.2. The molecule has 0 unspecified atom stereocenters. The van der Waals surface area contributed by atoms with Gasteiger partial charge in [-0.05, 0) is 80.1 Å². The lowest BCUT2D eigenvalue weighted by atomic mass is 9.87. The van der Waals surface area contributed by atoms with Gasteiger partial charge in [0.1, 0.15) is 11.2 Å². The van der Waals surface area contributed by atoms with Crippen LogP contribution >= 0.6 is 21.6 Å². The van der Waals surface area contributed by atoms with E-state index in [-0.39, 0.29) is 47.7 Å². The van der Waals surface area contributed by atoms with Crippen LogP contribution in [0.4, 0.5) is 0 Å². The van der Waals surface area contributed by atoms with Crippen molar-refractivity contribution in [2.45, 2.75) is 139 Å². The van der Waals surface area contributed by atoms with E-state index in [1.54, 1.807) is 0 Å². The van der Waals surface area contributed by atoms with Gasteiger partial charge in [-0.2, -0.15) is 0 Å². The van der Waals surface area contributed by atoms with Crippen molar-refractivity contribution in [1.29, 1.82) is 0 Å². The van der Waals surface area contributed by atoms with Crippen LogP contribution < -0.4 is 0 Å². The highest BCUT2D eigenvalue weighted by atomic mass is 33.1. The van der Waals surface area contributed by atoms with Crippen molar-refractivity contribution in [2.24, 2.45) is 0 Å². The van der Waals surface area contributed by atoms with E-state index in [0.717, 1.165) is 38.8 Å². The fourth-order valence-corrected chi connectivity index (χ4v) is 10.2. The second-order valence-electron chi connectivity index (χ2n) is 14.4. The van der Waals surface area contributed by atoms with E-state index in [2.05, 4.69) is 9.80 Å². The Hall–Kier alpha value is -0.520. The Morgan fingerprint density at radius 1 is 0.643 bits per heavy atom. The minimum absolute atomic E-state index is 0.0198. The first-order chi connectivity index (χ1) is 19.7. The number of nitrogens with zero attached hydrogens (tertiary/aromatic N) is 2. The molecule has 2 aliphatic carbocycles. The maximum Gasteiger partial charge on any atom is 0.320 e. The largest absolute Gasteiger partial charge is 0.459 e. The zero-order valence-electron chi connectivity index (χ0n) is 27.4. The standard InChI is InChI=1S/C32H60N2O6S2/c1-29(2,3)39-27(37)23-33(19-13-21-35)25-31(15-9-7-10-16-31)41-42-32(17-11-8-12-18-32)26-34(20-14-22-36)24-28(38)40-30(4,5)6/h35-36H,7-26H2,1-6H3. The first kappa shape index (κ1) is 37.7. The van der Waals surface area contributed by atoms with Gasteiger partial charge in [-0.25, -0.2) is 0 Å². The van der Waals surface area contributed by atoms with Crippen molar-refractivity contribution in [3.63, 3.8) is 0 Å². The van der Waals surface area contributed by atoms with Crippen LogP contribution in [0.3, 0.4) is 0 Å². The molecule has 0 amide bonds. The Balaban J connectivity index is 2.21. The van der Waals surface area contributed by atoms with Gasteiger partial charge in [-0.1, -0.05) is 60.1 Å². The molecule has 2 aliphatic rings. The number of aliphatic hydroxyl groups excluding tert-OH is 2. The molecule has 2 N–H and O–H groups in total. The normalized spacial score (nSPS) is 19.2. The SMILES string of the molecule is CC(C)(C)OC(=O)CN(CCCO)CC1(SSC2(CN(CCCO)CC(=O)OC(C)(C)C)CCCCC2)CCCCC1. The zero-order chi connectivity index (χ0) is 31.3. The molecule has 0 aromatic rings. The van der Waals surface area contributed by atoms with Crippen LogP contribution in [0.1, 0.15) is 119 Å². The van der Waals surface area contributed by atoms with E-state index in [1.807, 2.05) is 63.1 Å². The molecule has 0 bridgehead atoms. The van der Waals surface area contributed by atoms with E-state index in [0.29, 0.717) is 25.9 Å². The fourth-order valence-electron chi connectivity index (χ4n) is 6.05. The first-order valence-corrected chi connectivity index (χ1v) is 18.3. The Morgan fingerprint density at radius 2 is 0.976 bits per heavy atom. The zero-order valence-corrected chi connectivity index (χ0v) is 29.0. The van der Waals surface area contributed by atoms with Gasteiger partial charge in [0, 0.05) is 48.9 Å². The summed E-state index contributed by atoms with van der Waals surface area (Å²) in [6, 6.07) is 0. The predicted molar refractivity (Wildman–Crippen MR) is 175 cm³/mol. The van der Waals surface area contributed by atoms with E-state index in [1.165, 1.54) is 38.5 Å². The molecule has 0 aliphatic heterocycles. The van der Waals surface area contributed by atoms with Crippen molar-refractivity contribution in [2.75, 3.05) is 52.5 Å². The topological polar surface area (TPSA) is 99.5 Å². The van der Waals surface area contributed by atoms with Crippen molar-refractivity contribution in [3.8, 4) is 0 Å². The van der Waals surface area contributed by atoms with Gasteiger partial charge >= 0.3 is 11.9 Å². The Bertz CT molecular complexity index is 736. The molecular formula is C32H60N2O6S2. The highest BCUT2D eigenvalue weighted by Gasteiger charge is 2.42. The monoisotopic (exact) mass is 632 g/mol. The molecule has 42 heavy (non-hydrogen) atoms. The number of carbonyl (C=O) groups excluding carboxylic acids is 2. The number of ether oxygens (including phenoxy) is 2. The van der Waals surface area contributed by atoms with Crippen LogP contribution in [0, 0.1) is 0 Å². The van der Waals surface area contributed by atoms with Crippen LogP contribution in [-0.2, 0) is 19.1 Å². The molecule has 2 fully saturated rings. The average molecular weight is 633 g/mol. The summed E-state index contributed by atoms with van der Waals surface area (Å²) in [5.41, 5.74) is -1.05. The van der Waals surface area contributed by atoms with Gasteiger partial charge in [-0.15, -0.1) is 0 Å². The number of aliphatic hydroxyl groups is 2. The molecule has 8 nitrogen and oxygen atoms in total.